The Morgan fingerprint density at radius 3 is 2.52 bits per heavy atom. The van der Waals surface area contributed by atoms with Crippen molar-refractivity contribution >= 4 is 15.5 Å². The Bertz CT molecular complexity index is 677. The second kappa shape index (κ2) is 6.71. The van der Waals surface area contributed by atoms with Gasteiger partial charge in [-0.15, -0.1) is 0 Å². The molecule has 0 spiro atoms. The first kappa shape index (κ1) is 15.5. The lowest BCUT2D eigenvalue weighted by Crippen LogP contribution is -2.08. The normalized spacial score (nSPS) is 11.5. The molecule has 0 radical (unpaired) electrons. The van der Waals surface area contributed by atoms with E-state index in [2.05, 4.69) is 15.4 Å². The molecule has 21 heavy (non-hydrogen) atoms. The standard InChI is InChI=1S/C14H20N4O2S/c1-3-10-21(19,20)13-6-4-12(5-7-13)15-9-8-14-16-11-18(2)17-14/h4-7,11,15H,3,8-10H2,1-2H3. The van der Waals surface area contributed by atoms with E-state index in [-0.39, 0.29) is 5.75 Å². The topological polar surface area (TPSA) is 76.9 Å². The van der Waals surface area contributed by atoms with Crippen LogP contribution in [0, 0.1) is 0 Å². The highest BCUT2D eigenvalue weighted by Crippen LogP contribution is 2.16. The fourth-order valence-electron chi connectivity index (χ4n) is 1.98. The number of aromatic nitrogens is 3. The zero-order valence-electron chi connectivity index (χ0n) is 12.3. The van der Waals surface area contributed by atoms with Gasteiger partial charge in [-0.2, -0.15) is 5.10 Å². The van der Waals surface area contributed by atoms with Crippen molar-refractivity contribution in [1.29, 1.82) is 0 Å². The summed E-state index contributed by atoms with van der Waals surface area (Å²) in [6.07, 6.45) is 3.01. The van der Waals surface area contributed by atoms with Crippen LogP contribution in [-0.2, 0) is 23.3 Å². The number of hydrogen-bond acceptors (Lipinski definition) is 5. The van der Waals surface area contributed by atoms with Crippen LogP contribution < -0.4 is 5.32 Å². The Morgan fingerprint density at radius 1 is 1.24 bits per heavy atom. The van der Waals surface area contributed by atoms with Crippen molar-refractivity contribution in [3.05, 3.63) is 36.4 Å². The molecule has 0 unspecified atom stereocenters. The number of nitrogens with one attached hydrogen (secondary N) is 1. The van der Waals surface area contributed by atoms with Crippen molar-refractivity contribution < 1.29 is 8.42 Å². The van der Waals surface area contributed by atoms with Crippen molar-refractivity contribution in [2.24, 2.45) is 7.05 Å². The number of anilines is 1. The van der Waals surface area contributed by atoms with Crippen LogP contribution in [0.1, 0.15) is 19.2 Å². The molecule has 0 amide bonds. The molecule has 1 aromatic heterocycles. The van der Waals surface area contributed by atoms with Gasteiger partial charge in [-0.1, -0.05) is 6.92 Å². The van der Waals surface area contributed by atoms with Gasteiger partial charge in [-0.3, -0.25) is 4.68 Å². The number of sulfone groups is 1. The van der Waals surface area contributed by atoms with Gasteiger partial charge in [0, 0.05) is 25.7 Å². The molecule has 6 nitrogen and oxygen atoms in total. The summed E-state index contributed by atoms with van der Waals surface area (Å²) < 4.78 is 25.5. The molecule has 7 heteroatoms. The summed E-state index contributed by atoms with van der Waals surface area (Å²) in [5, 5.41) is 7.42. The van der Waals surface area contributed by atoms with Gasteiger partial charge in [0.25, 0.3) is 0 Å². The summed E-state index contributed by atoms with van der Waals surface area (Å²) in [5.41, 5.74) is 0.890. The molecule has 1 N–H and O–H groups in total. The van der Waals surface area contributed by atoms with Gasteiger partial charge < -0.3 is 5.32 Å². The molecular weight excluding hydrogens is 288 g/mol. The largest absolute Gasteiger partial charge is 0.385 e. The van der Waals surface area contributed by atoms with Crippen LogP contribution in [0.25, 0.3) is 0 Å². The van der Waals surface area contributed by atoms with Crippen LogP contribution >= 0.6 is 0 Å². The predicted molar refractivity (Wildman–Crippen MR) is 82.0 cm³/mol. The lowest BCUT2D eigenvalue weighted by Gasteiger charge is -2.07. The Morgan fingerprint density at radius 2 is 1.95 bits per heavy atom. The maximum atomic E-state index is 11.9. The van der Waals surface area contributed by atoms with Crippen molar-refractivity contribution in [1.82, 2.24) is 14.8 Å². The third kappa shape index (κ3) is 4.29. The molecule has 1 aromatic carbocycles. The van der Waals surface area contributed by atoms with Gasteiger partial charge in [0.05, 0.1) is 10.6 Å². The highest BCUT2D eigenvalue weighted by molar-refractivity contribution is 7.91. The third-order valence-electron chi connectivity index (χ3n) is 3.01. The minimum atomic E-state index is -3.14. The zero-order chi connectivity index (χ0) is 15.3. The van der Waals surface area contributed by atoms with Gasteiger partial charge in [0.2, 0.25) is 0 Å². The minimum absolute atomic E-state index is 0.186. The molecule has 114 valence electrons. The van der Waals surface area contributed by atoms with Gasteiger partial charge >= 0.3 is 0 Å². The predicted octanol–water partition coefficient (Wildman–Crippen LogP) is 1.65. The Kier molecular flexibility index (Phi) is 4.95. The van der Waals surface area contributed by atoms with E-state index in [1.165, 1.54) is 0 Å². The second-order valence-electron chi connectivity index (χ2n) is 4.85. The van der Waals surface area contributed by atoms with E-state index in [1.54, 1.807) is 35.3 Å². The summed E-state index contributed by atoms with van der Waals surface area (Å²) in [7, 11) is -1.31. The van der Waals surface area contributed by atoms with E-state index >= 15 is 0 Å². The molecule has 0 bridgehead atoms. The first-order valence-corrected chi connectivity index (χ1v) is 8.57. The molecule has 2 rings (SSSR count). The zero-order valence-corrected chi connectivity index (χ0v) is 13.1. The summed E-state index contributed by atoms with van der Waals surface area (Å²) in [6.45, 7) is 2.56. The van der Waals surface area contributed by atoms with E-state index in [9.17, 15) is 8.42 Å². The summed E-state index contributed by atoms with van der Waals surface area (Å²) in [6, 6.07) is 6.86. The van der Waals surface area contributed by atoms with Crippen LogP contribution in [0.3, 0.4) is 0 Å². The first-order valence-electron chi connectivity index (χ1n) is 6.92. The Hall–Kier alpha value is -1.89. The second-order valence-corrected chi connectivity index (χ2v) is 6.96. The Balaban J connectivity index is 1.90. The van der Waals surface area contributed by atoms with Gasteiger partial charge in [0.1, 0.15) is 6.33 Å². The van der Waals surface area contributed by atoms with Crippen LogP contribution in [-0.4, -0.2) is 35.5 Å². The lowest BCUT2D eigenvalue weighted by molar-refractivity contribution is 0.595. The first-order chi connectivity index (χ1) is 10.0. The molecule has 1 heterocycles. The highest BCUT2D eigenvalue weighted by atomic mass is 32.2. The quantitative estimate of drug-likeness (QED) is 0.841. The summed E-state index contributed by atoms with van der Waals surface area (Å²) in [4.78, 5) is 4.52. The molecule has 2 aromatic rings. The fourth-order valence-corrected chi connectivity index (χ4v) is 3.31. The van der Waals surface area contributed by atoms with Gasteiger partial charge in [0.15, 0.2) is 15.7 Å². The van der Waals surface area contributed by atoms with Crippen molar-refractivity contribution in [2.45, 2.75) is 24.7 Å². The summed E-state index contributed by atoms with van der Waals surface area (Å²) in [5.74, 6) is 0.970. The Labute approximate surface area is 125 Å². The number of benzene rings is 1. The third-order valence-corrected chi connectivity index (χ3v) is 4.95. The molecule has 0 saturated carbocycles. The monoisotopic (exact) mass is 308 g/mol. The molecule has 0 aliphatic heterocycles. The lowest BCUT2D eigenvalue weighted by atomic mass is 10.3. The molecule has 0 saturated heterocycles. The maximum absolute atomic E-state index is 11.9. The highest BCUT2D eigenvalue weighted by Gasteiger charge is 2.12. The van der Waals surface area contributed by atoms with Crippen LogP contribution in [0.5, 0.6) is 0 Å². The van der Waals surface area contributed by atoms with E-state index in [0.29, 0.717) is 17.9 Å². The average molecular weight is 308 g/mol. The van der Waals surface area contributed by atoms with E-state index in [0.717, 1.165) is 17.9 Å². The van der Waals surface area contributed by atoms with E-state index < -0.39 is 9.84 Å². The number of rotatable bonds is 7. The molecule has 0 aliphatic carbocycles. The van der Waals surface area contributed by atoms with Crippen molar-refractivity contribution in [2.75, 3.05) is 17.6 Å². The number of aryl methyl sites for hydroxylation is 1. The molecule has 0 fully saturated rings. The number of hydrogen-bond donors (Lipinski definition) is 1. The van der Waals surface area contributed by atoms with E-state index in [4.69, 9.17) is 0 Å². The smallest absolute Gasteiger partial charge is 0.178 e. The molecule has 0 aliphatic rings. The summed E-state index contributed by atoms with van der Waals surface area (Å²) >= 11 is 0. The molecule has 0 atom stereocenters. The fraction of sp³-hybridized carbons (Fsp3) is 0.429. The van der Waals surface area contributed by atoms with Crippen LogP contribution in [0.15, 0.2) is 35.5 Å². The van der Waals surface area contributed by atoms with Crippen molar-refractivity contribution in [3.63, 3.8) is 0 Å². The minimum Gasteiger partial charge on any atom is -0.385 e. The van der Waals surface area contributed by atoms with Crippen LogP contribution in [0.4, 0.5) is 5.69 Å². The van der Waals surface area contributed by atoms with Gasteiger partial charge in [-0.05, 0) is 30.7 Å². The van der Waals surface area contributed by atoms with Crippen LogP contribution in [0.2, 0.25) is 0 Å². The van der Waals surface area contributed by atoms with Gasteiger partial charge in [-0.25, -0.2) is 13.4 Å². The van der Waals surface area contributed by atoms with E-state index in [1.807, 2.05) is 14.0 Å². The maximum Gasteiger partial charge on any atom is 0.178 e. The SMILES string of the molecule is CCCS(=O)(=O)c1ccc(NCCc2ncn(C)n2)cc1. The number of nitrogens with zero attached hydrogens (tertiary/aromatic N) is 3. The van der Waals surface area contributed by atoms with Crippen molar-refractivity contribution in [3.8, 4) is 0 Å². The molecular formula is C14H20N4O2S. The average Bonchev–Trinajstić information content (AvgIpc) is 2.85.